The van der Waals surface area contributed by atoms with Gasteiger partial charge in [0.25, 0.3) is 16.0 Å². The molecule has 0 heterocycles. The van der Waals surface area contributed by atoms with E-state index in [4.69, 9.17) is 10.3 Å². The van der Waals surface area contributed by atoms with Gasteiger partial charge in [-0.2, -0.15) is 8.42 Å². The van der Waals surface area contributed by atoms with Crippen molar-refractivity contribution in [1.82, 2.24) is 15.9 Å². The lowest BCUT2D eigenvalue weighted by molar-refractivity contribution is -0.147. The number of benzene rings is 2. The van der Waals surface area contributed by atoms with Gasteiger partial charge in [-0.15, -0.1) is 0 Å². The molecule has 0 aliphatic carbocycles. The molecule has 42 heavy (non-hydrogen) atoms. The molecule has 0 aliphatic heterocycles. The highest BCUT2D eigenvalue weighted by Crippen LogP contribution is 2.25. The number of carbonyl (C=O) groups is 3. The van der Waals surface area contributed by atoms with E-state index in [1.165, 1.54) is 17.1 Å². The molecular weight excluding hydrogens is 560 g/mol. The van der Waals surface area contributed by atoms with E-state index < -0.39 is 45.7 Å². The van der Waals surface area contributed by atoms with Crippen molar-refractivity contribution < 1.29 is 32.6 Å². The molecule has 0 bridgehead atoms. The fourth-order valence-corrected chi connectivity index (χ4v) is 4.51. The Kier molecular flexibility index (Phi) is 15.7. The predicted octanol–water partition coefficient (Wildman–Crippen LogP) is 3.73. The second kappa shape index (κ2) is 18.1. The number of aryl methyl sites for hydroxylation is 1. The highest BCUT2D eigenvalue weighted by Gasteiger charge is 2.35. The third kappa shape index (κ3) is 12.9. The summed E-state index contributed by atoms with van der Waals surface area (Å²) >= 11 is 0. The molecule has 0 unspecified atom stereocenters. The van der Waals surface area contributed by atoms with Crippen LogP contribution in [0.3, 0.4) is 0 Å². The van der Waals surface area contributed by atoms with Crippen LogP contribution in [0.15, 0.2) is 65.6 Å². The van der Waals surface area contributed by atoms with E-state index in [1.807, 2.05) is 70.2 Å². The van der Waals surface area contributed by atoms with Gasteiger partial charge in [0.2, 0.25) is 11.8 Å². The van der Waals surface area contributed by atoms with E-state index in [2.05, 4.69) is 5.43 Å². The van der Waals surface area contributed by atoms with E-state index >= 15 is 0 Å². The van der Waals surface area contributed by atoms with Crippen LogP contribution in [0.2, 0.25) is 0 Å². The normalized spacial score (nSPS) is 13.5. The van der Waals surface area contributed by atoms with Crippen LogP contribution in [0.5, 0.6) is 0 Å². The SMILES string of the molecule is CCCN(NC(=O)[C@H](CC(C)C)[C@H](CC=Cc1ccccc1)C(=O)NO)C(=O)[C@@H](C)N.Cc1ccc(S(=O)(=O)O)cc1. The number of nitrogens with zero attached hydrogens (tertiary/aromatic N) is 1. The number of rotatable bonds is 12. The Labute approximate surface area is 248 Å². The lowest BCUT2D eigenvalue weighted by Crippen LogP contribution is -2.54. The lowest BCUT2D eigenvalue weighted by atomic mass is 9.82. The smallest absolute Gasteiger partial charge is 0.294 e. The van der Waals surface area contributed by atoms with Crippen LogP contribution in [0.25, 0.3) is 6.08 Å². The van der Waals surface area contributed by atoms with Crippen molar-refractivity contribution in [3.63, 3.8) is 0 Å². The number of allylic oxidation sites excluding steroid dienone is 1. The minimum absolute atomic E-state index is 0.0666. The molecule has 12 heteroatoms. The number of hydroxylamine groups is 1. The van der Waals surface area contributed by atoms with Crippen LogP contribution in [-0.4, -0.2) is 53.5 Å². The van der Waals surface area contributed by atoms with Crippen LogP contribution < -0.4 is 16.6 Å². The second-order valence-electron chi connectivity index (χ2n) is 10.4. The number of nitrogens with two attached hydrogens (primary N) is 1. The van der Waals surface area contributed by atoms with Gasteiger partial charge in [0.05, 0.1) is 22.8 Å². The molecule has 0 fully saturated rings. The Morgan fingerprint density at radius 3 is 2.05 bits per heavy atom. The summed E-state index contributed by atoms with van der Waals surface area (Å²) in [5.74, 6) is -2.91. The predicted molar refractivity (Wildman–Crippen MR) is 161 cm³/mol. The summed E-state index contributed by atoms with van der Waals surface area (Å²) in [4.78, 5) is 37.9. The molecule has 0 saturated carbocycles. The molecule has 2 aromatic rings. The molecule has 0 aliphatic rings. The van der Waals surface area contributed by atoms with Crippen LogP contribution in [0.4, 0.5) is 0 Å². The average Bonchev–Trinajstić information content (AvgIpc) is 2.93. The second-order valence-corrected chi connectivity index (χ2v) is 11.8. The van der Waals surface area contributed by atoms with Crippen LogP contribution in [0.1, 0.15) is 58.1 Å². The van der Waals surface area contributed by atoms with Crippen molar-refractivity contribution in [3.05, 3.63) is 71.8 Å². The number of hydrogen-bond acceptors (Lipinski definition) is 7. The Morgan fingerprint density at radius 2 is 1.57 bits per heavy atom. The summed E-state index contributed by atoms with van der Waals surface area (Å²) in [7, 11) is -4.02. The maximum atomic E-state index is 13.2. The maximum absolute atomic E-state index is 13.2. The third-order valence-corrected chi connectivity index (χ3v) is 7.03. The quantitative estimate of drug-likeness (QED) is 0.138. The Bertz CT molecular complexity index is 1260. The Balaban J connectivity index is 0.000000666. The minimum atomic E-state index is -4.02. The molecule has 6 N–H and O–H groups in total. The van der Waals surface area contributed by atoms with Crippen molar-refractivity contribution in [2.75, 3.05) is 6.54 Å². The van der Waals surface area contributed by atoms with Crippen molar-refractivity contribution in [2.24, 2.45) is 23.5 Å². The van der Waals surface area contributed by atoms with Crippen LogP contribution in [0, 0.1) is 24.7 Å². The lowest BCUT2D eigenvalue weighted by Gasteiger charge is -2.30. The molecular formula is C30H44N4O7S. The fourth-order valence-electron chi connectivity index (χ4n) is 4.03. The monoisotopic (exact) mass is 604 g/mol. The van der Waals surface area contributed by atoms with Crippen molar-refractivity contribution in [3.8, 4) is 0 Å². The van der Waals surface area contributed by atoms with Gasteiger partial charge in [-0.3, -0.25) is 34.6 Å². The first-order valence-electron chi connectivity index (χ1n) is 13.8. The van der Waals surface area contributed by atoms with Crippen molar-refractivity contribution in [1.29, 1.82) is 0 Å². The van der Waals surface area contributed by atoms with Gasteiger partial charge >= 0.3 is 0 Å². The number of carbonyl (C=O) groups excluding carboxylic acids is 3. The van der Waals surface area contributed by atoms with Gasteiger partial charge in [0.15, 0.2) is 0 Å². The minimum Gasteiger partial charge on any atom is -0.320 e. The zero-order valence-corrected chi connectivity index (χ0v) is 25.7. The first kappa shape index (κ1) is 36.4. The summed E-state index contributed by atoms with van der Waals surface area (Å²) in [6.07, 6.45) is 4.97. The summed E-state index contributed by atoms with van der Waals surface area (Å²) < 4.78 is 29.6. The summed E-state index contributed by atoms with van der Waals surface area (Å²) in [5, 5.41) is 10.5. The van der Waals surface area contributed by atoms with Gasteiger partial charge < -0.3 is 5.73 Å². The molecule has 11 nitrogen and oxygen atoms in total. The highest BCUT2D eigenvalue weighted by molar-refractivity contribution is 7.85. The maximum Gasteiger partial charge on any atom is 0.294 e. The zero-order valence-electron chi connectivity index (χ0n) is 24.9. The molecule has 0 saturated heterocycles. The van der Waals surface area contributed by atoms with Gasteiger partial charge in [-0.1, -0.05) is 81.0 Å². The standard InChI is InChI=1S/C23H36N4O4.C7H8O3S/c1-5-14-27(23(30)17(4)24)25-21(28)20(15-16(2)3)19(22(29)26-31)13-9-12-18-10-7-6-8-11-18;1-6-2-4-7(5-3-6)11(8,9)10/h6-12,16-17,19-20,31H,5,13-15,24H2,1-4H3,(H,25,28)(H,26,29);2-5H,1H3,(H,8,9,10)/t17-,19+,20-;/m1./s1. The fraction of sp³-hybridized carbons (Fsp3) is 0.433. The Morgan fingerprint density at radius 1 is 0.976 bits per heavy atom. The number of hydrogen-bond donors (Lipinski definition) is 5. The summed E-state index contributed by atoms with van der Waals surface area (Å²) in [6.45, 7) is 9.49. The van der Waals surface area contributed by atoms with E-state index in [-0.39, 0.29) is 17.2 Å². The molecule has 232 valence electrons. The number of amides is 3. The van der Waals surface area contributed by atoms with Gasteiger partial charge in [-0.05, 0) is 56.7 Å². The van der Waals surface area contributed by atoms with Crippen LogP contribution >= 0.6 is 0 Å². The topological polar surface area (TPSA) is 179 Å². The van der Waals surface area contributed by atoms with E-state index in [0.29, 0.717) is 19.4 Å². The Hall–Kier alpha value is -3.58. The number of hydrazine groups is 1. The van der Waals surface area contributed by atoms with Crippen molar-refractivity contribution in [2.45, 2.75) is 64.8 Å². The van der Waals surface area contributed by atoms with Gasteiger partial charge in [0, 0.05) is 6.54 Å². The average molecular weight is 605 g/mol. The van der Waals surface area contributed by atoms with Gasteiger partial charge in [0.1, 0.15) is 0 Å². The number of nitrogens with one attached hydrogen (secondary N) is 2. The molecule has 2 rings (SSSR count). The molecule has 0 aromatic heterocycles. The third-order valence-electron chi connectivity index (χ3n) is 6.16. The molecule has 0 radical (unpaired) electrons. The molecule has 3 atom stereocenters. The largest absolute Gasteiger partial charge is 0.320 e. The van der Waals surface area contributed by atoms with E-state index in [0.717, 1.165) is 11.1 Å². The van der Waals surface area contributed by atoms with Crippen LogP contribution in [-0.2, 0) is 24.5 Å². The summed E-state index contributed by atoms with van der Waals surface area (Å²) in [6, 6.07) is 14.8. The van der Waals surface area contributed by atoms with Gasteiger partial charge in [-0.25, -0.2) is 5.48 Å². The summed E-state index contributed by atoms with van der Waals surface area (Å²) in [5.41, 5.74) is 12.0. The molecule has 3 amide bonds. The first-order chi connectivity index (χ1) is 19.7. The van der Waals surface area contributed by atoms with E-state index in [1.54, 1.807) is 24.5 Å². The molecule has 0 spiro atoms. The zero-order chi connectivity index (χ0) is 31.9. The van der Waals surface area contributed by atoms with Crippen molar-refractivity contribution >= 4 is 33.9 Å². The van der Waals surface area contributed by atoms with E-state index in [9.17, 15) is 28.0 Å². The first-order valence-corrected chi connectivity index (χ1v) is 15.2. The molecule has 2 aromatic carbocycles. The highest BCUT2D eigenvalue weighted by atomic mass is 32.2.